The monoisotopic (exact) mass is 318 g/mol. The standard InChI is InChI=1S/C19H30N2O2/c1-15-9-11-21(12-10-15)14-17(22)13-20-18(23)19(2,3)16-7-5-4-6-8-16/h4-8,15,17,22H,9-14H2,1-3H3,(H,20,23). The summed E-state index contributed by atoms with van der Waals surface area (Å²) in [6.07, 6.45) is 1.87. The first-order chi connectivity index (χ1) is 10.9. The summed E-state index contributed by atoms with van der Waals surface area (Å²) in [5.74, 6) is 0.741. The van der Waals surface area contributed by atoms with E-state index in [0.29, 0.717) is 13.1 Å². The maximum Gasteiger partial charge on any atom is 0.230 e. The summed E-state index contributed by atoms with van der Waals surface area (Å²) in [5, 5.41) is 13.1. The van der Waals surface area contributed by atoms with Crippen molar-refractivity contribution in [2.75, 3.05) is 26.2 Å². The molecule has 1 aromatic rings. The second-order valence-corrected chi connectivity index (χ2v) is 7.34. The van der Waals surface area contributed by atoms with Crippen molar-refractivity contribution < 1.29 is 9.90 Å². The van der Waals surface area contributed by atoms with Gasteiger partial charge < -0.3 is 15.3 Å². The van der Waals surface area contributed by atoms with Gasteiger partial charge in [-0.05, 0) is 51.3 Å². The van der Waals surface area contributed by atoms with E-state index < -0.39 is 11.5 Å². The van der Waals surface area contributed by atoms with Crippen molar-refractivity contribution in [3.05, 3.63) is 35.9 Å². The summed E-state index contributed by atoms with van der Waals surface area (Å²) in [6, 6.07) is 9.75. The molecule has 1 aliphatic rings. The second-order valence-electron chi connectivity index (χ2n) is 7.34. The summed E-state index contributed by atoms with van der Waals surface area (Å²) in [4.78, 5) is 14.8. The molecule has 0 bridgehead atoms. The number of likely N-dealkylation sites (tertiary alicyclic amines) is 1. The van der Waals surface area contributed by atoms with Crippen LogP contribution in [0.2, 0.25) is 0 Å². The number of rotatable bonds is 6. The van der Waals surface area contributed by atoms with Crippen LogP contribution in [0.1, 0.15) is 39.2 Å². The number of carbonyl (C=O) groups excluding carboxylic acids is 1. The highest BCUT2D eigenvalue weighted by Gasteiger charge is 2.29. The van der Waals surface area contributed by atoms with E-state index in [9.17, 15) is 9.90 Å². The number of β-amino-alcohol motifs (C(OH)–C–C–N with tert-alkyl or cyclic N) is 1. The molecule has 4 nitrogen and oxygen atoms in total. The molecule has 0 aromatic heterocycles. The van der Waals surface area contributed by atoms with Crippen LogP contribution in [0.15, 0.2) is 30.3 Å². The largest absolute Gasteiger partial charge is 0.390 e. The summed E-state index contributed by atoms with van der Waals surface area (Å²) in [6.45, 7) is 9.13. The fraction of sp³-hybridized carbons (Fsp3) is 0.632. The Morgan fingerprint density at radius 1 is 1.30 bits per heavy atom. The first-order valence-electron chi connectivity index (χ1n) is 8.64. The SMILES string of the molecule is CC1CCN(CC(O)CNC(=O)C(C)(C)c2ccccc2)CC1. The van der Waals surface area contributed by atoms with Crippen LogP contribution in [0.25, 0.3) is 0 Å². The Kier molecular flexibility index (Phi) is 6.19. The number of hydrogen-bond donors (Lipinski definition) is 2. The van der Waals surface area contributed by atoms with Crippen molar-refractivity contribution >= 4 is 5.91 Å². The highest BCUT2D eigenvalue weighted by atomic mass is 16.3. The van der Waals surface area contributed by atoms with Crippen LogP contribution in [0.5, 0.6) is 0 Å². The van der Waals surface area contributed by atoms with Gasteiger partial charge >= 0.3 is 0 Å². The average Bonchev–Trinajstić information content (AvgIpc) is 2.55. The fourth-order valence-electron chi connectivity index (χ4n) is 3.02. The minimum Gasteiger partial charge on any atom is -0.390 e. The van der Waals surface area contributed by atoms with E-state index in [1.807, 2.05) is 44.2 Å². The van der Waals surface area contributed by atoms with Crippen LogP contribution in [-0.4, -0.2) is 48.2 Å². The first kappa shape index (κ1) is 18.0. The number of aliphatic hydroxyl groups is 1. The van der Waals surface area contributed by atoms with Crippen LogP contribution in [-0.2, 0) is 10.2 Å². The molecule has 1 amide bonds. The number of hydrogen-bond acceptors (Lipinski definition) is 3. The molecule has 1 aromatic carbocycles. The molecule has 23 heavy (non-hydrogen) atoms. The van der Waals surface area contributed by atoms with Gasteiger partial charge in [-0.2, -0.15) is 0 Å². The predicted octanol–water partition coefficient (Wildman–Crippen LogP) is 2.17. The Bertz CT molecular complexity index is 493. The topological polar surface area (TPSA) is 52.6 Å². The molecule has 2 rings (SSSR count). The number of carbonyl (C=O) groups is 1. The first-order valence-corrected chi connectivity index (χ1v) is 8.64. The molecule has 4 heteroatoms. The molecule has 128 valence electrons. The molecule has 0 saturated carbocycles. The number of piperidine rings is 1. The minimum atomic E-state index is -0.596. The summed E-state index contributed by atoms with van der Waals surface area (Å²) in [7, 11) is 0. The number of aliphatic hydroxyl groups excluding tert-OH is 1. The van der Waals surface area contributed by atoms with Crippen LogP contribution >= 0.6 is 0 Å². The van der Waals surface area contributed by atoms with E-state index in [0.717, 1.165) is 24.6 Å². The van der Waals surface area contributed by atoms with E-state index in [1.165, 1.54) is 12.8 Å². The molecular weight excluding hydrogens is 288 g/mol. The maximum absolute atomic E-state index is 12.5. The van der Waals surface area contributed by atoms with Crippen LogP contribution < -0.4 is 5.32 Å². The van der Waals surface area contributed by atoms with Crippen molar-refractivity contribution in [2.45, 2.75) is 45.1 Å². The Balaban J connectivity index is 1.79. The van der Waals surface area contributed by atoms with E-state index in [2.05, 4.69) is 17.1 Å². The minimum absolute atomic E-state index is 0.0463. The van der Waals surface area contributed by atoms with Crippen LogP contribution in [0.3, 0.4) is 0 Å². The van der Waals surface area contributed by atoms with Crippen LogP contribution in [0, 0.1) is 5.92 Å². The van der Waals surface area contributed by atoms with E-state index in [-0.39, 0.29) is 5.91 Å². The van der Waals surface area contributed by atoms with E-state index in [4.69, 9.17) is 0 Å². The van der Waals surface area contributed by atoms with Crippen molar-refractivity contribution in [1.82, 2.24) is 10.2 Å². The van der Waals surface area contributed by atoms with Gasteiger partial charge in [0.05, 0.1) is 11.5 Å². The van der Waals surface area contributed by atoms with Crippen molar-refractivity contribution in [1.29, 1.82) is 0 Å². The lowest BCUT2D eigenvalue weighted by Crippen LogP contribution is -2.46. The zero-order valence-corrected chi connectivity index (χ0v) is 14.6. The highest BCUT2D eigenvalue weighted by molar-refractivity contribution is 5.87. The predicted molar refractivity (Wildman–Crippen MR) is 93.3 cm³/mol. The lowest BCUT2D eigenvalue weighted by Gasteiger charge is -2.32. The summed E-state index contributed by atoms with van der Waals surface area (Å²) < 4.78 is 0. The Hall–Kier alpha value is -1.39. The number of nitrogens with one attached hydrogen (secondary N) is 1. The van der Waals surface area contributed by atoms with Gasteiger partial charge in [-0.25, -0.2) is 0 Å². The van der Waals surface area contributed by atoms with Crippen molar-refractivity contribution in [2.24, 2.45) is 5.92 Å². The number of amides is 1. The zero-order chi connectivity index (χ0) is 16.9. The van der Waals surface area contributed by atoms with Gasteiger partial charge in [0.15, 0.2) is 0 Å². The van der Waals surface area contributed by atoms with Crippen molar-refractivity contribution in [3.63, 3.8) is 0 Å². The third-order valence-corrected chi connectivity index (χ3v) is 4.91. The lowest BCUT2D eigenvalue weighted by molar-refractivity contribution is -0.126. The Morgan fingerprint density at radius 2 is 1.91 bits per heavy atom. The number of benzene rings is 1. The smallest absolute Gasteiger partial charge is 0.230 e. The molecular formula is C19H30N2O2. The van der Waals surface area contributed by atoms with Gasteiger partial charge in [-0.1, -0.05) is 37.3 Å². The molecule has 1 heterocycles. The molecule has 1 unspecified atom stereocenters. The highest BCUT2D eigenvalue weighted by Crippen LogP contribution is 2.23. The molecule has 1 atom stereocenters. The van der Waals surface area contributed by atoms with E-state index in [1.54, 1.807) is 0 Å². The maximum atomic E-state index is 12.5. The average molecular weight is 318 g/mol. The quantitative estimate of drug-likeness (QED) is 0.845. The van der Waals surface area contributed by atoms with Gasteiger partial charge in [0.25, 0.3) is 0 Å². The molecule has 2 N–H and O–H groups in total. The normalized spacial score (nSPS) is 18.6. The molecule has 0 spiro atoms. The second kappa shape index (κ2) is 7.93. The third kappa shape index (κ3) is 5.05. The molecule has 0 radical (unpaired) electrons. The molecule has 1 fully saturated rings. The Labute approximate surface area is 139 Å². The zero-order valence-electron chi connectivity index (χ0n) is 14.6. The van der Waals surface area contributed by atoms with Gasteiger partial charge in [0.2, 0.25) is 5.91 Å². The molecule has 1 aliphatic heterocycles. The van der Waals surface area contributed by atoms with Gasteiger partial charge in [-0.3, -0.25) is 4.79 Å². The molecule has 0 aliphatic carbocycles. The van der Waals surface area contributed by atoms with Crippen LogP contribution in [0.4, 0.5) is 0 Å². The lowest BCUT2D eigenvalue weighted by atomic mass is 9.84. The van der Waals surface area contributed by atoms with Crippen molar-refractivity contribution in [3.8, 4) is 0 Å². The number of nitrogens with zero attached hydrogens (tertiary/aromatic N) is 1. The third-order valence-electron chi connectivity index (χ3n) is 4.91. The van der Waals surface area contributed by atoms with E-state index >= 15 is 0 Å². The summed E-state index contributed by atoms with van der Waals surface area (Å²) in [5.41, 5.74) is 0.388. The van der Waals surface area contributed by atoms with Gasteiger partial charge in [0, 0.05) is 13.1 Å². The Morgan fingerprint density at radius 3 is 2.52 bits per heavy atom. The summed E-state index contributed by atoms with van der Waals surface area (Å²) >= 11 is 0. The molecule has 1 saturated heterocycles. The fourth-order valence-corrected chi connectivity index (χ4v) is 3.02. The van der Waals surface area contributed by atoms with Gasteiger partial charge in [0.1, 0.15) is 0 Å². The van der Waals surface area contributed by atoms with Gasteiger partial charge in [-0.15, -0.1) is 0 Å².